The lowest BCUT2D eigenvalue weighted by atomic mass is 9.73. The van der Waals surface area contributed by atoms with Crippen molar-refractivity contribution in [1.29, 1.82) is 0 Å². The minimum Gasteiger partial charge on any atom is -0.311 e. The number of aromatic nitrogens is 1. The summed E-state index contributed by atoms with van der Waals surface area (Å²) in [5, 5.41) is 0. The Morgan fingerprint density at radius 2 is 1.65 bits per heavy atom. The summed E-state index contributed by atoms with van der Waals surface area (Å²) < 4.78 is 2.31. The second-order valence-corrected chi connectivity index (χ2v) is 9.60. The minimum atomic E-state index is -0.417. The van der Waals surface area contributed by atoms with Crippen molar-refractivity contribution in [3.8, 4) is 5.69 Å². The third-order valence-electron chi connectivity index (χ3n) is 5.68. The lowest BCUT2D eigenvalue weighted by Crippen LogP contribution is -2.39. The van der Waals surface area contributed by atoms with Crippen LogP contribution < -0.4 is 10.5 Å². The highest BCUT2D eigenvalue weighted by molar-refractivity contribution is 9.10. The van der Waals surface area contributed by atoms with E-state index in [2.05, 4.69) is 15.9 Å². The standard InChI is InChI=1S/C25H23BrN2O3/c1-25(2)13-19-20(21(29)14-25)15-28(18-7-5-4-6-8-18)24(31)22(19)23(30)27(3)17-11-9-16(26)10-12-17/h4-12,15H,13-14H2,1-3H3. The summed E-state index contributed by atoms with van der Waals surface area (Å²) >= 11 is 3.40. The van der Waals surface area contributed by atoms with Crippen LogP contribution in [0.15, 0.2) is 70.1 Å². The van der Waals surface area contributed by atoms with E-state index in [0.29, 0.717) is 35.3 Å². The fourth-order valence-corrected chi connectivity index (χ4v) is 4.36. The highest BCUT2D eigenvalue weighted by Gasteiger charge is 2.36. The van der Waals surface area contributed by atoms with Crippen LogP contribution in [0.3, 0.4) is 0 Å². The number of ketones is 1. The normalized spacial score (nSPS) is 14.8. The molecule has 0 saturated carbocycles. The third-order valence-corrected chi connectivity index (χ3v) is 6.21. The van der Waals surface area contributed by atoms with Gasteiger partial charge in [0, 0.05) is 41.1 Å². The monoisotopic (exact) mass is 478 g/mol. The molecule has 1 aliphatic carbocycles. The first-order valence-electron chi connectivity index (χ1n) is 10.1. The Bertz CT molecular complexity index is 1230. The van der Waals surface area contributed by atoms with Crippen molar-refractivity contribution in [2.75, 3.05) is 11.9 Å². The number of halogens is 1. The van der Waals surface area contributed by atoms with Gasteiger partial charge in [0.15, 0.2) is 5.78 Å². The van der Waals surface area contributed by atoms with E-state index in [4.69, 9.17) is 0 Å². The first-order valence-corrected chi connectivity index (χ1v) is 10.9. The Balaban J connectivity index is 1.94. The van der Waals surface area contributed by atoms with Crippen LogP contribution in [0.25, 0.3) is 5.69 Å². The van der Waals surface area contributed by atoms with E-state index in [1.807, 2.05) is 56.3 Å². The Morgan fingerprint density at radius 1 is 1.00 bits per heavy atom. The summed E-state index contributed by atoms with van der Waals surface area (Å²) in [5.41, 5.74) is 1.62. The number of carbonyl (C=O) groups excluding carboxylic acids is 2. The van der Waals surface area contributed by atoms with Gasteiger partial charge in [0.1, 0.15) is 5.56 Å². The van der Waals surface area contributed by atoms with E-state index in [0.717, 1.165) is 4.47 Å². The van der Waals surface area contributed by atoms with E-state index in [9.17, 15) is 14.4 Å². The van der Waals surface area contributed by atoms with Crippen LogP contribution in [0.5, 0.6) is 0 Å². The molecule has 1 aliphatic rings. The maximum Gasteiger partial charge on any atom is 0.268 e. The first-order chi connectivity index (χ1) is 14.7. The lowest BCUT2D eigenvalue weighted by Gasteiger charge is -2.32. The summed E-state index contributed by atoms with van der Waals surface area (Å²) in [6, 6.07) is 16.4. The molecule has 5 nitrogen and oxygen atoms in total. The topological polar surface area (TPSA) is 59.4 Å². The van der Waals surface area contributed by atoms with Crippen LogP contribution in [0.2, 0.25) is 0 Å². The zero-order valence-corrected chi connectivity index (χ0v) is 19.3. The van der Waals surface area contributed by atoms with E-state index in [1.165, 1.54) is 9.47 Å². The van der Waals surface area contributed by atoms with Gasteiger partial charge in [-0.25, -0.2) is 0 Å². The van der Waals surface area contributed by atoms with Crippen molar-refractivity contribution >= 4 is 33.3 Å². The van der Waals surface area contributed by atoms with E-state index in [1.54, 1.807) is 25.4 Å². The number of Topliss-reactive ketones (excluding diaryl/α,β-unsaturated/α-hetero) is 1. The third kappa shape index (κ3) is 4.00. The molecule has 1 heterocycles. The van der Waals surface area contributed by atoms with Crippen molar-refractivity contribution < 1.29 is 9.59 Å². The van der Waals surface area contributed by atoms with Crippen molar-refractivity contribution in [3.63, 3.8) is 0 Å². The molecule has 6 heteroatoms. The molecule has 3 aromatic rings. The summed E-state index contributed by atoms with van der Waals surface area (Å²) in [5.74, 6) is -0.462. The fraction of sp³-hybridized carbons (Fsp3) is 0.240. The number of pyridine rings is 1. The maximum atomic E-state index is 13.6. The van der Waals surface area contributed by atoms with Gasteiger partial charge in [0.2, 0.25) is 0 Å². The highest BCUT2D eigenvalue weighted by Crippen LogP contribution is 2.36. The molecule has 4 rings (SSSR count). The van der Waals surface area contributed by atoms with Gasteiger partial charge in [0.05, 0.1) is 0 Å². The summed E-state index contributed by atoms with van der Waals surface area (Å²) in [4.78, 5) is 41.7. The number of carbonyl (C=O) groups is 2. The molecule has 1 amide bonds. The predicted octanol–water partition coefficient (Wildman–Crippen LogP) is 5.03. The Labute approximate surface area is 189 Å². The SMILES string of the molecule is CN(C(=O)c1c2c(cn(-c3ccccc3)c1=O)C(=O)CC(C)(C)C2)c1ccc(Br)cc1. The molecule has 0 unspecified atom stereocenters. The molecule has 0 radical (unpaired) electrons. The largest absolute Gasteiger partial charge is 0.311 e. The second kappa shape index (κ2) is 7.93. The molecule has 0 fully saturated rings. The number of anilines is 1. The Kier molecular flexibility index (Phi) is 5.43. The first kappa shape index (κ1) is 21.2. The average molecular weight is 479 g/mol. The molecule has 0 bridgehead atoms. The number of amides is 1. The van der Waals surface area contributed by atoms with Crippen LogP contribution >= 0.6 is 15.9 Å². The van der Waals surface area contributed by atoms with Gasteiger partial charge in [-0.2, -0.15) is 0 Å². The smallest absolute Gasteiger partial charge is 0.268 e. The lowest BCUT2D eigenvalue weighted by molar-refractivity contribution is 0.0910. The number of benzene rings is 2. The summed E-state index contributed by atoms with van der Waals surface area (Å²) in [6.45, 7) is 3.98. The Hall–Kier alpha value is -2.99. The van der Waals surface area contributed by atoms with Gasteiger partial charge in [0.25, 0.3) is 11.5 Å². The van der Waals surface area contributed by atoms with Crippen LogP contribution in [0.1, 0.15) is 46.5 Å². The molecule has 0 atom stereocenters. The maximum absolute atomic E-state index is 13.6. The van der Waals surface area contributed by atoms with Gasteiger partial charge in [-0.3, -0.25) is 19.0 Å². The molecular weight excluding hydrogens is 456 g/mol. The molecule has 0 saturated heterocycles. The van der Waals surface area contributed by atoms with Gasteiger partial charge < -0.3 is 4.90 Å². The van der Waals surface area contributed by atoms with Crippen LogP contribution in [0.4, 0.5) is 5.69 Å². The molecular formula is C25H23BrN2O3. The van der Waals surface area contributed by atoms with Crippen LogP contribution in [0, 0.1) is 5.41 Å². The minimum absolute atomic E-state index is 0.0451. The summed E-state index contributed by atoms with van der Waals surface area (Å²) in [7, 11) is 1.65. The van der Waals surface area contributed by atoms with Gasteiger partial charge in [-0.15, -0.1) is 0 Å². The summed E-state index contributed by atoms with van der Waals surface area (Å²) in [6.07, 6.45) is 2.47. The van der Waals surface area contributed by atoms with E-state index >= 15 is 0 Å². The number of hydrogen-bond donors (Lipinski definition) is 0. The van der Waals surface area contributed by atoms with Gasteiger partial charge in [-0.1, -0.05) is 48.0 Å². The van der Waals surface area contributed by atoms with Crippen molar-refractivity contribution in [2.45, 2.75) is 26.7 Å². The van der Waals surface area contributed by atoms with Crippen molar-refractivity contribution in [2.24, 2.45) is 5.41 Å². The molecule has 0 aliphatic heterocycles. The van der Waals surface area contributed by atoms with Crippen molar-refractivity contribution in [1.82, 2.24) is 4.57 Å². The molecule has 1 aromatic heterocycles. The highest BCUT2D eigenvalue weighted by atomic mass is 79.9. The quantitative estimate of drug-likeness (QED) is 0.530. The van der Waals surface area contributed by atoms with Crippen LogP contribution in [-0.4, -0.2) is 23.3 Å². The number of para-hydroxylation sites is 1. The molecule has 0 N–H and O–H groups in total. The van der Waals surface area contributed by atoms with Gasteiger partial charge >= 0.3 is 0 Å². The second-order valence-electron chi connectivity index (χ2n) is 8.69. The fourth-order valence-electron chi connectivity index (χ4n) is 4.10. The van der Waals surface area contributed by atoms with E-state index in [-0.39, 0.29) is 16.8 Å². The molecule has 158 valence electrons. The zero-order chi connectivity index (χ0) is 22.3. The molecule has 0 spiro atoms. The number of nitrogens with zero attached hydrogens (tertiary/aromatic N) is 2. The van der Waals surface area contributed by atoms with E-state index < -0.39 is 11.5 Å². The zero-order valence-electron chi connectivity index (χ0n) is 17.7. The number of hydrogen-bond acceptors (Lipinski definition) is 3. The molecule has 2 aromatic carbocycles. The predicted molar refractivity (Wildman–Crippen MR) is 125 cm³/mol. The average Bonchev–Trinajstić information content (AvgIpc) is 2.73. The van der Waals surface area contributed by atoms with Crippen molar-refractivity contribution in [3.05, 3.63) is 92.3 Å². The van der Waals surface area contributed by atoms with Crippen LogP contribution in [-0.2, 0) is 6.42 Å². The molecule has 31 heavy (non-hydrogen) atoms. The Morgan fingerprint density at radius 3 is 2.29 bits per heavy atom. The number of fused-ring (bicyclic) bond motifs is 1. The number of rotatable bonds is 3. The van der Waals surface area contributed by atoms with Gasteiger partial charge in [-0.05, 0) is 53.8 Å².